The first-order valence-electron chi connectivity index (χ1n) is 8.69. The van der Waals surface area contributed by atoms with E-state index in [1.807, 2.05) is 30.3 Å². The first-order valence-corrected chi connectivity index (χ1v) is 8.69. The fraction of sp³-hybridized carbons (Fsp3) is 0.619. The number of aliphatic hydroxyl groups is 1. The molecule has 0 aliphatic rings. The second-order valence-electron chi connectivity index (χ2n) is 8.07. The molecule has 1 aromatic rings. The van der Waals surface area contributed by atoms with Gasteiger partial charge < -0.3 is 10.0 Å². The van der Waals surface area contributed by atoms with E-state index in [2.05, 4.69) is 60.3 Å². The Morgan fingerprint density at radius 2 is 1.48 bits per heavy atom. The maximum absolute atomic E-state index is 11.3. The Kier molecular flexibility index (Phi) is 6.86. The molecular formula is C21H34NO+. The zero-order valence-corrected chi connectivity index (χ0v) is 15.9. The summed E-state index contributed by atoms with van der Waals surface area (Å²) in [5.74, 6) is 6.55. The van der Waals surface area contributed by atoms with Crippen LogP contribution in [0.15, 0.2) is 30.3 Å². The first-order chi connectivity index (χ1) is 10.6. The van der Waals surface area contributed by atoms with Gasteiger partial charge in [0, 0.05) is 6.42 Å². The number of hydrogen-bond acceptors (Lipinski definition) is 1. The Hall–Kier alpha value is -1.30. The summed E-state index contributed by atoms with van der Waals surface area (Å²) in [6, 6.07) is 11.0. The van der Waals surface area contributed by atoms with Crippen LogP contribution in [0, 0.1) is 17.3 Å². The van der Waals surface area contributed by atoms with Crippen molar-refractivity contribution in [1.29, 1.82) is 0 Å². The second kappa shape index (κ2) is 7.99. The molecule has 2 heteroatoms. The van der Waals surface area contributed by atoms with Gasteiger partial charge in [0.05, 0.1) is 12.1 Å². The lowest BCUT2D eigenvalue weighted by Crippen LogP contribution is -3.17. The summed E-state index contributed by atoms with van der Waals surface area (Å²) in [5, 5.41) is 11.3. The molecular weight excluding hydrogens is 282 g/mol. The zero-order valence-electron chi connectivity index (χ0n) is 15.9. The molecule has 1 aromatic carbocycles. The summed E-state index contributed by atoms with van der Waals surface area (Å²) in [6.45, 7) is 16.0. The van der Waals surface area contributed by atoms with Gasteiger partial charge in [-0.05, 0) is 44.6 Å². The number of rotatable bonds is 5. The zero-order chi connectivity index (χ0) is 17.7. The molecule has 2 N–H and O–H groups in total. The molecule has 1 rings (SSSR count). The van der Waals surface area contributed by atoms with Gasteiger partial charge in [0.2, 0.25) is 0 Å². The molecule has 0 amide bonds. The van der Waals surface area contributed by atoms with Crippen LogP contribution in [-0.2, 0) is 5.60 Å². The van der Waals surface area contributed by atoms with E-state index < -0.39 is 5.60 Å². The lowest BCUT2D eigenvalue weighted by Gasteiger charge is -2.39. The molecule has 128 valence electrons. The normalized spacial score (nSPS) is 14.7. The summed E-state index contributed by atoms with van der Waals surface area (Å²) in [4.78, 5) is 1.48. The van der Waals surface area contributed by atoms with Crippen LogP contribution in [0.3, 0.4) is 0 Å². The Morgan fingerprint density at radius 3 is 1.91 bits per heavy atom. The smallest absolute Gasteiger partial charge is 0.139 e. The molecule has 0 spiro atoms. The Morgan fingerprint density at radius 1 is 0.957 bits per heavy atom. The lowest BCUT2D eigenvalue weighted by molar-refractivity contribution is -0.935. The van der Waals surface area contributed by atoms with Crippen LogP contribution in [-0.4, -0.2) is 23.7 Å². The van der Waals surface area contributed by atoms with E-state index in [-0.39, 0.29) is 5.41 Å². The highest BCUT2D eigenvalue weighted by molar-refractivity contribution is 5.27. The molecule has 0 unspecified atom stereocenters. The highest BCUT2D eigenvalue weighted by Gasteiger charge is 2.40. The summed E-state index contributed by atoms with van der Waals surface area (Å²) in [7, 11) is 0. The minimum Gasteiger partial charge on any atom is -0.384 e. The van der Waals surface area contributed by atoms with Gasteiger partial charge in [0.25, 0.3) is 0 Å². The van der Waals surface area contributed by atoms with Crippen LogP contribution >= 0.6 is 0 Å². The van der Waals surface area contributed by atoms with Gasteiger partial charge in [0.1, 0.15) is 12.1 Å². The van der Waals surface area contributed by atoms with E-state index in [4.69, 9.17) is 0 Å². The third kappa shape index (κ3) is 5.09. The second-order valence-corrected chi connectivity index (χ2v) is 8.07. The average molecular weight is 317 g/mol. The number of benzene rings is 1. The number of quaternary nitrogens is 1. The van der Waals surface area contributed by atoms with E-state index in [0.29, 0.717) is 18.5 Å². The summed E-state index contributed by atoms with van der Waals surface area (Å²) in [5.41, 5.74) is -0.262. The van der Waals surface area contributed by atoms with Crippen molar-refractivity contribution in [3.8, 4) is 11.8 Å². The van der Waals surface area contributed by atoms with Crippen molar-refractivity contribution in [2.45, 2.75) is 72.6 Å². The summed E-state index contributed by atoms with van der Waals surface area (Å²) >= 11 is 0. The third-order valence-electron chi connectivity index (χ3n) is 4.74. The molecule has 23 heavy (non-hydrogen) atoms. The lowest BCUT2D eigenvalue weighted by atomic mass is 9.70. The monoisotopic (exact) mass is 316 g/mol. The van der Waals surface area contributed by atoms with Gasteiger partial charge in [-0.2, -0.15) is 0 Å². The predicted molar refractivity (Wildman–Crippen MR) is 98.3 cm³/mol. The maximum atomic E-state index is 11.3. The molecule has 0 saturated carbocycles. The van der Waals surface area contributed by atoms with E-state index >= 15 is 0 Å². The van der Waals surface area contributed by atoms with E-state index in [1.54, 1.807) is 0 Å². The fourth-order valence-electron chi connectivity index (χ4n) is 2.94. The molecule has 0 radical (unpaired) electrons. The van der Waals surface area contributed by atoms with Crippen LogP contribution in [0.4, 0.5) is 0 Å². The maximum Gasteiger partial charge on any atom is 0.139 e. The predicted octanol–water partition coefficient (Wildman–Crippen LogP) is 3.02. The largest absolute Gasteiger partial charge is 0.384 e. The number of hydrogen-bond donors (Lipinski definition) is 2. The quantitative estimate of drug-likeness (QED) is 0.802. The van der Waals surface area contributed by atoms with Crippen LogP contribution in [0.1, 0.15) is 60.5 Å². The molecule has 0 fully saturated rings. The van der Waals surface area contributed by atoms with Crippen molar-refractivity contribution in [1.82, 2.24) is 0 Å². The Balaban J connectivity index is 2.92. The average Bonchev–Trinajstić information content (AvgIpc) is 2.45. The van der Waals surface area contributed by atoms with Gasteiger partial charge in [-0.15, -0.1) is 0 Å². The van der Waals surface area contributed by atoms with E-state index in [9.17, 15) is 5.11 Å². The Bertz CT molecular complexity index is 522. The molecule has 0 aliphatic heterocycles. The SMILES string of the molecule is CC(C)[NH+](CC#CC[C@](O)(c1ccccc1)C(C)(C)C)C(C)C. The van der Waals surface area contributed by atoms with Crippen molar-refractivity contribution < 1.29 is 10.0 Å². The molecule has 0 heterocycles. The van der Waals surface area contributed by atoms with Gasteiger partial charge >= 0.3 is 0 Å². The van der Waals surface area contributed by atoms with Crippen LogP contribution in [0.2, 0.25) is 0 Å². The van der Waals surface area contributed by atoms with Crippen molar-refractivity contribution in [3.63, 3.8) is 0 Å². The van der Waals surface area contributed by atoms with Gasteiger partial charge in [-0.25, -0.2) is 0 Å². The molecule has 0 aliphatic carbocycles. The fourth-order valence-corrected chi connectivity index (χ4v) is 2.94. The third-order valence-corrected chi connectivity index (χ3v) is 4.74. The summed E-state index contributed by atoms with van der Waals surface area (Å²) < 4.78 is 0. The highest BCUT2D eigenvalue weighted by Crippen LogP contribution is 2.41. The molecule has 0 saturated heterocycles. The van der Waals surface area contributed by atoms with Gasteiger partial charge in [-0.3, -0.25) is 0 Å². The minimum atomic E-state index is -0.933. The van der Waals surface area contributed by atoms with Crippen LogP contribution < -0.4 is 4.90 Å². The molecule has 0 aromatic heterocycles. The minimum absolute atomic E-state index is 0.272. The topological polar surface area (TPSA) is 24.7 Å². The van der Waals surface area contributed by atoms with Crippen molar-refractivity contribution in [2.75, 3.05) is 6.54 Å². The van der Waals surface area contributed by atoms with E-state index in [1.165, 1.54) is 4.90 Å². The van der Waals surface area contributed by atoms with Crippen molar-refractivity contribution in [3.05, 3.63) is 35.9 Å². The standard InChI is InChI=1S/C21H33NO/c1-17(2)22(18(3)4)16-12-11-15-21(23,20(5,6)7)19-13-9-8-10-14-19/h8-10,13-14,17-18,23H,15-16H2,1-7H3/p+1/t21-/m0/s1. The van der Waals surface area contributed by atoms with Crippen LogP contribution in [0.25, 0.3) is 0 Å². The van der Waals surface area contributed by atoms with Crippen LogP contribution in [0.5, 0.6) is 0 Å². The molecule has 0 bridgehead atoms. The summed E-state index contributed by atoms with van der Waals surface area (Å²) in [6.07, 6.45) is 0.462. The first kappa shape index (κ1) is 19.7. The highest BCUT2D eigenvalue weighted by atomic mass is 16.3. The molecule has 2 nitrogen and oxygen atoms in total. The van der Waals surface area contributed by atoms with Gasteiger partial charge in [-0.1, -0.05) is 57.0 Å². The molecule has 1 atom stereocenters. The van der Waals surface area contributed by atoms with Crippen molar-refractivity contribution >= 4 is 0 Å². The van der Waals surface area contributed by atoms with Crippen molar-refractivity contribution in [2.24, 2.45) is 5.41 Å². The number of nitrogens with one attached hydrogen (secondary N) is 1. The Labute approximate surface area is 142 Å². The van der Waals surface area contributed by atoms with E-state index in [0.717, 1.165) is 12.1 Å². The van der Waals surface area contributed by atoms with Gasteiger partial charge in [0.15, 0.2) is 0 Å².